The van der Waals surface area contributed by atoms with Crippen LogP contribution in [0.3, 0.4) is 0 Å². The van der Waals surface area contributed by atoms with E-state index in [0.717, 1.165) is 52.8 Å². The molecule has 0 saturated heterocycles. The maximum absolute atomic E-state index is 13.1. The highest BCUT2D eigenvalue weighted by molar-refractivity contribution is 7.16. The van der Waals surface area contributed by atoms with Crippen LogP contribution in [0.25, 0.3) is 0 Å². The number of fused-ring (bicyclic) bond motifs is 1. The molecular formula is C22H24N2O3S. The van der Waals surface area contributed by atoms with Crippen LogP contribution >= 0.6 is 11.3 Å². The van der Waals surface area contributed by atoms with Crippen molar-refractivity contribution in [1.82, 2.24) is 0 Å². The number of carbonyl (C=O) groups is 1. The third-order valence-electron chi connectivity index (χ3n) is 4.97. The van der Waals surface area contributed by atoms with Crippen LogP contribution in [0.2, 0.25) is 0 Å². The van der Waals surface area contributed by atoms with Crippen LogP contribution in [-0.2, 0) is 19.4 Å². The Labute approximate surface area is 168 Å². The minimum absolute atomic E-state index is 0.0670. The molecule has 1 aliphatic carbocycles. The Kier molecular flexibility index (Phi) is 5.39. The van der Waals surface area contributed by atoms with Crippen LogP contribution in [0.15, 0.2) is 40.8 Å². The Bertz CT molecular complexity index is 972. The van der Waals surface area contributed by atoms with E-state index in [9.17, 15) is 4.79 Å². The van der Waals surface area contributed by atoms with E-state index in [-0.39, 0.29) is 5.91 Å². The first-order valence-electron chi connectivity index (χ1n) is 9.53. The lowest BCUT2D eigenvalue weighted by atomic mass is 9.95. The highest BCUT2D eigenvalue weighted by Crippen LogP contribution is 2.39. The van der Waals surface area contributed by atoms with Gasteiger partial charge in [0.15, 0.2) is 0 Å². The number of carbonyl (C=O) groups excluding carboxylic acids is 1. The molecule has 0 bridgehead atoms. The van der Waals surface area contributed by atoms with Crippen LogP contribution in [-0.4, -0.2) is 13.0 Å². The van der Waals surface area contributed by atoms with Gasteiger partial charge in [-0.1, -0.05) is 0 Å². The predicted octanol–water partition coefficient (Wildman–Crippen LogP) is 5.40. The van der Waals surface area contributed by atoms with Crippen LogP contribution in [0.1, 0.15) is 45.2 Å². The van der Waals surface area contributed by atoms with E-state index in [1.807, 2.05) is 43.3 Å². The highest BCUT2D eigenvalue weighted by atomic mass is 32.1. The monoisotopic (exact) mass is 396 g/mol. The molecular weight excluding hydrogens is 372 g/mol. The number of nitrogens with one attached hydrogen (secondary N) is 2. The molecule has 5 nitrogen and oxygen atoms in total. The maximum Gasteiger partial charge on any atom is 0.258 e. The lowest BCUT2D eigenvalue weighted by molar-refractivity contribution is 0.102. The number of hydrogen-bond acceptors (Lipinski definition) is 5. The van der Waals surface area contributed by atoms with Gasteiger partial charge in [0.1, 0.15) is 22.3 Å². The molecule has 0 fully saturated rings. The standard InChI is InChI=1S/C22H24N2O3S/c1-14-7-10-17(27-14)13-23-22-20(18-5-3-4-6-19(18)28-22)21(25)24-15-8-11-16(26-2)12-9-15/h7-12,23H,3-6,13H2,1-2H3,(H,24,25). The summed E-state index contributed by atoms with van der Waals surface area (Å²) in [6.07, 6.45) is 4.32. The third-order valence-corrected chi connectivity index (χ3v) is 6.21. The molecule has 1 amide bonds. The Morgan fingerprint density at radius 3 is 2.64 bits per heavy atom. The van der Waals surface area contributed by atoms with Crippen molar-refractivity contribution >= 4 is 27.9 Å². The summed E-state index contributed by atoms with van der Waals surface area (Å²) in [6, 6.07) is 11.3. The number of methoxy groups -OCH3 is 1. The lowest BCUT2D eigenvalue weighted by Crippen LogP contribution is -2.16. The van der Waals surface area contributed by atoms with Gasteiger partial charge >= 0.3 is 0 Å². The van der Waals surface area contributed by atoms with E-state index in [1.165, 1.54) is 16.9 Å². The summed E-state index contributed by atoms with van der Waals surface area (Å²) in [6.45, 7) is 2.50. The molecule has 1 aliphatic rings. The highest BCUT2D eigenvalue weighted by Gasteiger charge is 2.25. The van der Waals surface area contributed by atoms with E-state index < -0.39 is 0 Å². The Balaban J connectivity index is 1.58. The number of amides is 1. The van der Waals surface area contributed by atoms with Crippen molar-refractivity contribution in [3.63, 3.8) is 0 Å². The van der Waals surface area contributed by atoms with Crippen molar-refractivity contribution in [2.24, 2.45) is 0 Å². The average molecular weight is 397 g/mol. The summed E-state index contributed by atoms with van der Waals surface area (Å²) in [5.41, 5.74) is 2.73. The van der Waals surface area contributed by atoms with Gasteiger partial charge in [-0.2, -0.15) is 0 Å². The zero-order chi connectivity index (χ0) is 19.5. The topological polar surface area (TPSA) is 63.5 Å². The third kappa shape index (κ3) is 3.92. The average Bonchev–Trinajstić information content (AvgIpc) is 3.29. The second-order valence-electron chi connectivity index (χ2n) is 6.96. The second kappa shape index (κ2) is 8.10. The minimum atomic E-state index is -0.0670. The largest absolute Gasteiger partial charge is 0.497 e. The van der Waals surface area contributed by atoms with Crippen molar-refractivity contribution in [2.45, 2.75) is 39.2 Å². The van der Waals surface area contributed by atoms with Gasteiger partial charge in [-0.3, -0.25) is 4.79 Å². The fourth-order valence-corrected chi connectivity index (χ4v) is 4.83. The fraction of sp³-hybridized carbons (Fsp3) is 0.318. The van der Waals surface area contributed by atoms with Gasteiger partial charge in [-0.25, -0.2) is 0 Å². The van der Waals surface area contributed by atoms with Crippen molar-refractivity contribution in [3.8, 4) is 5.75 Å². The molecule has 1 aromatic carbocycles. The molecule has 0 aliphatic heterocycles. The molecule has 2 N–H and O–H groups in total. The molecule has 2 aromatic heterocycles. The molecule has 0 radical (unpaired) electrons. The van der Waals surface area contributed by atoms with E-state index in [4.69, 9.17) is 9.15 Å². The summed E-state index contributed by atoms with van der Waals surface area (Å²) < 4.78 is 10.8. The first-order chi connectivity index (χ1) is 13.6. The van der Waals surface area contributed by atoms with Crippen LogP contribution < -0.4 is 15.4 Å². The van der Waals surface area contributed by atoms with Gasteiger partial charge in [0, 0.05) is 10.6 Å². The van der Waals surface area contributed by atoms with Gasteiger partial charge in [0.25, 0.3) is 5.91 Å². The number of aryl methyl sites for hydroxylation is 2. The molecule has 6 heteroatoms. The normalized spacial score (nSPS) is 13.1. The Hall–Kier alpha value is -2.73. The van der Waals surface area contributed by atoms with E-state index in [1.54, 1.807) is 18.4 Å². The van der Waals surface area contributed by atoms with Gasteiger partial charge in [0.05, 0.1) is 19.2 Å². The first-order valence-corrected chi connectivity index (χ1v) is 10.3. The molecule has 0 spiro atoms. The molecule has 4 rings (SSSR count). The molecule has 0 atom stereocenters. The summed E-state index contributed by atoms with van der Waals surface area (Å²) in [5.74, 6) is 2.45. The first kappa shape index (κ1) is 18.6. The molecule has 3 aromatic rings. The zero-order valence-corrected chi connectivity index (χ0v) is 16.9. The van der Waals surface area contributed by atoms with Gasteiger partial charge in [-0.15, -0.1) is 11.3 Å². The quantitative estimate of drug-likeness (QED) is 0.585. The van der Waals surface area contributed by atoms with Gasteiger partial charge in [-0.05, 0) is 74.6 Å². The summed E-state index contributed by atoms with van der Waals surface area (Å²) in [4.78, 5) is 14.5. The van der Waals surface area contributed by atoms with Gasteiger partial charge in [0.2, 0.25) is 0 Å². The summed E-state index contributed by atoms with van der Waals surface area (Å²) in [7, 11) is 1.63. The minimum Gasteiger partial charge on any atom is -0.497 e. The smallest absolute Gasteiger partial charge is 0.258 e. The second-order valence-corrected chi connectivity index (χ2v) is 8.07. The number of furan rings is 1. The number of thiophene rings is 1. The van der Waals surface area contributed by atoms with Crippen LogP contribution in [0.5, 0.6) is 5.75 Å². The summed E-state index contributed by atoms with van der Waals surface area (Å²) in [5, 5.41) is 7.39. The number of hydrogen-bond donors (Lipinski definition) is 2. The van der Waals surface area contributed by atoms with E-state index >= 15 is 0 Å². The van der Waals surface area contributed by atoms with Crippen LogP contribution in [0.4, 0.5) is 10.7 Å². The fourth-order valence-electron chi connectivity index (χ4n) is 3.55. The SMILES string of the molecule is COc1ccc(NC(=O)c2c(NCc3ccc(C)o3)sc3c2CCCC3)cc1. The van der Waals surface area contributed by atoms with Crippen molar-refractivity contribution in [1.29, 1.82) is 0 Å². The zero-order valence-electron chi connectivity index (χ0n) is 16.1. The van der Waals surface area contributed by atoms with Crippen molar-refractivity contribution in [3.05, 3.63) is 63.9 Å². The molecule has 0 saturated carbocycles. The molecule has 2 heterocycles. The van der Waals surface area contributed by atoms with Crippen molar-refractivity contribution in [2.75, 3.05) is 17.7 Å². The molecule has 146 valence electrons. The number of anilines is 2. The number of ether oxygens (including phenoxy) is 1. The molecule has 28 heavy (non-hydrogen) atoms. The van der Waals surface area contributed by atoms with E-state index in [0.29, 0.717) is 6.54 Å². The number of benzene rings is 1. The van der Waals surface area contributed by atoms with E-state index in [2.05, 4.69) is 10.6 Å². The molecule has 0 unspecified atom stereocenters. The Morgan fingerprint density at radius 2 is 1.93 bits per heavy atom. The van der Waals surface area contributed by atoms with Crippen molar-refractivity contribution < 1.29 is 13.9 Å². The van der Waals surface area contributed by atoms with Gasteiger partial charge < -0.3 is 19.8 Å². The maximum atomic E-state index is 13.1. The number of rotatable bonds is 6. The lowest BCUT2D eigenvalue weighted by Gasteiger charge is -2.13. The Morgan fingerprint density at radius 1 is 1.14 bits per heavy atom. The summed E-state index contributed by atoms with van der Waals surface area (Å²) >= 11 is 1.70. The predicted molar refractivity (Wildman–Crippen MR) is 113 cm³/mol. The van der Waals surface area contributed by atoms with Crippen LogP contribution in [0, 0.1) is 6.92 Å².